The number of carbonyl (C=O) groups is 2. The van der Waals surface area contributed by atoms with E-state index in [4.69, 9.17) is 4.74 Å². The highest BCUT2D eigenvalue weighted by Gasteiger charge is 2.19. The van der Waals surface area contributed by atoms with Crippen LogP contribution in [0.25, 0.3) is 0 Å². The van der Waals surface area contributed by atoms with Crippen LogP contribution in [-0.4, -0.2) is 44.7 Å². The Kier molecular flexibility index (Phi) is 7.49. The third-order valence-corrected chi connectivity index (χ3v) is 5.77. The highest BCUT2D eigenvalue weighted by molar-refractivity contribution is 7.89. The molecular weight excluding hydrogens is 394 g/mol. The average Bonchev–Trinajstić information content (AvgIpc) is 2.70. The summed E-state index contributed by atoms with van der Waals surface area (Å²) in [6.07, 6.45) is 0.111. The Hall–Kier alpha value is -2.75. The molecule has 2 aromatic rings. The van der Waals surface area contributed by atoms with Gasteiger partial charge in [0.15, 0.2) is 0 Å². The molecule has 0 saturated carbocycles. The number of hydrogen-bond acceptors (Lipinski definition) is 5. The first-order valence-electron chi connectivity index (χ1n) is 8.95. The van der Waals surface area contributed by atoms with Gasteiger partial charge in [-0.3, -0.25) is 20.4 Å². The summed E-state index contributed by atoms with van der Waals surface area (Å²) in [4.78, 5) is 24.5. The van der Waals surface area contributed by atoms with Crippen LogP contribution >= 0.6 is 0 Å². The molecule has 0 fully saturated rings. The third kappa shape index (κ3) is 6.11. The smallest absolute Gasteiger partial charge is 0.269 e. The van der Waals surface area contributed by atoms with Crippen molar-refractivity contribution in [1.29, 1.82) is 0 Å². The zero-order chi connectivity index (χ0) is 21.6. The zero-order valence-electron chi connectivity index (χ0n) is 16.8. The van der Waals surface area contributed by atoms with Crippen LogP contribution in [0.15, 0.2) is 53.4 Å². The third-order valence-electron chi connectivity index (χ3n) is 3.96. The lowest BCUT2D eigenvalue weighted by atomic mass is 10.1. The van der Waals surface area contributed by atoms with Crippen molar-refractivity contribution in [2.75, 3.05) is 14.1 Å². The van der Waals surface area contributed by atoms with Gasteiger partial charge >= 0.3 is 0 Å². The van der Waals surface area contributed by atoms with Gasteiger partial charge in [0, 0.05) is 25.2 Å². The Labute approximate surface area is 170 Å². The predicted octanol–water partition coefficient (Wildman–Crippen LogP) is 1.94. The second kappa shape index (κ2) is 9.64. The van der Waals surface area contributed by atoms with E-state index in [2.05, 4.69) is 10.9 Å². The number of hydrazine groups is 1. The molecule has 0 bridgehead atoms. The number of sulfonamides is 1. The molecule has 2 amide bonds. The van der Waals surface area contributed by atoms with Gasteiger partial charge in [-0.1, -0.05) is 18.2 Å². The van der Waals surface area contributed by atoms with E-state index < -0.39 is 21.8 Å². The van der Waals surface area contributed by atoms with Crippen molar-refractivity contribution < 1.29 is 22.7 Å². The molecule has 0 spiro atoms. The Morgan fingerprint density at radius 1 is 0.966 bits per heavy atom. The zero-order valence-corrected chi connectivity index (χ0v) is 17.6. The second-order valence-electron chi connectivity index (χ2n) is 6.78. The normalized spacial score (nSPS) is 11.5. The maximum absolute atomic E-state index is 12.3. The fraction of sp³-hybridized carbons (Fsp3) is 0.300. The maximum atomic E-state index is 12.3. The first-order valence-corrected chi connectivity index (χ1v) is 10.4. The van der Waals surface area contributed by atoms with Crippen LogP contribution in [-0.2, 0) is 21.4 Å². The first-order chi connectivity index (χ1) is 13.6. The van der Waals surface area contributed by atoms with Crippen LogP contribution in [0, 0.1) is 0 Å². The molecule has 0 unspecified atom stereocenters. The van der Waals surface area contributed by atoms with E-state index in [9.17, 15) is 18.0 Å². The summed E-state index contributed by atoms with van der Waals surface area (Å²) in [5.41, 5.74) is 6.00. The van der Waals surface area contributed by atoms with Crippen LogP contribution in [0.2, 0.25) is 0 Å². The molecule has 0 radical (unpaired) electrons. The summed E-state index contributed by atoms with van der Waals surface area (Å²) >= 11 is 0. The summed E-state index contributed by atoms with van der Waals surface area (Å²) in [5.74, 6) is -1.12. The SMILES string of the molecule is CC(C)OCc1ccc(C(=O)NNC(=O)c2cccc(S(=O)(=O)N(C)C)c2)cc1. The van der Waals surface area contributed by atoms with Gasteiger partial charge in [-0.05, 0) is 49.7 Å². The maximum Gasteiger partial charge on any atom is 0.269 e. The standard InChI is InChI=1S/C20H25N3O5S/c1-14(2)28-13-15-8-10-16(11-9-15)19(24)21-22-20(25)17-6-5-7-18(12-17)29(26,27)23(3)4/h5-12,14H,13H2,1-4H3,(H,21,24)(H,22,25). The summed E-state index contributed by atoms with van der Waals surface area (Å²) in [6.45, 7) is 4.33. The Balaban J connectivity index is 1.99. The van der Waals surface area contributed by atoms with Gasteiger partial charge in [0.2, 0.25) is 10.0 Å². The number of benzene rings is 2. The topological polar surface area (TPSA) is 105 Å². The highest BCUT2D eigenvalue weighted by atomic mass is 32.2. The Morgan fingerprint density at radius 2 is 1.55 bits per heavy atom. The molecule has 8 nitrogen and oxygen atoms in total. The quantitative estimate of drug-likeness (QED) is 0.668. The summed E-state index contributed by atoms with van der Waals surface area (Å²) in [5, 5.41) is 0. The number of hydrogen-bond donors (Lipinski definition) is 2. The highest BCUT2D eigenvalue weighted by Crippen LogP contribution is 2.14. The van der Waals surface area contributed by atoms with Crippen LogP contribution in [0.3, 0.4) is 0 Å². The summed E-state index contributed by atoms with van der Waals surface area (Å²) in [6, 6.07) is 12.4. The monoisotopic (exact) mass is 419 g/mol. The van der Waals surface area contributed by atoms with Crippen LogP contribution < -0.4 is 10.9 Å². The van der Waals surface area contributed by atoms with E-state index in [-0.39, 0.29) is 16.6 Å². The van der Waals surface area contributed by atoms with Crippen LogP contribution in [0.4, 0.5) is 0 Å². The van der Waals surface area contributed by atoms with Crippen molar-refractivity contribution in [2.45, 2.75) is 31.5 Å². The van der Waals surface area contributed by atoms with Crippen LogP contribution in [0.5, 0.6) is 0 Å². The van der Waals surface area contributed by atoms with Gasteiger partial charge in [0.1, 0.15) is 0 Å². The minimum atomic E-state index is -3.67. The number of rotatable bonds is 7. The van der Waals surface area contributed by atoms with Gasteiger partial charge in [-0.25, -0.2) is 12.7 Å². The molecule has 0 aliphatic heterocycles. The predicted molar refractivity (Wildman–Crippen MR) is 109 cm³/mol. The van der Waals surface area contributed by atoms with E-state index in [0.29, 0.717) is 12.2 Å². The van der Waals surface area contributed by atoms with E-state index in [1.54, 1.807) is 24.3 Å². The van der Waals surface area contributed by atoms with E-state index in [0.717, 1.165) is 9.87 Å². The van der Waals surface area contributed by atoms with E-state index in [1.165, 1.54) is 38.4 Å². The number of nitrogens with zero attached hydrogens (tertiary/aromatic N) is 1. The minimum absolute atomic E-state index is 0.0133. The number of nitrogens with one attached hydrogen (secondary N) is 2. The molecule has 0 atom stereocenters. The lowest BCUT2D eigenvalue weighted by molar-refractivity contribution is 0.0656. The molecule has 2 aromatic carbocycles. The molecule has 0 aliphatic rings. The van der Waals surface area contributed by atoms with Crippen LogP contribution in [0.1, 0.15) is 40.1 Å². The Bertz CT molecular complexity index is 970. The first kappa shape index (κ1) is 22.5. The van der Waals surface area contributed by atoms with Crippen molar-refractivity contribution >= 4 is 21.8 Å². The van der Waals surface area contributed by atoms with Crippen molar-refractivity contribution in [3.63, 3.8) is 0 Å². The molecule has 0 heterocycles. The lowest BCUT2D eigenvalue weighted by Gasteiger charge is -2.12. The Morgan fingerprint density at radius 3 is 2.10 bits per heavy atom. The fourth-order valence-corrected chi connectivity index (χ4v) is 3.23. The van der Waals surface area contributed by atoms with Crippen molar-refractivity contribution in [3.05, 3.63) is 65.2 Å². The van der Waals surface area contributed by atoms with E-state index >= 15 is 0 Å². The number of amides is 2. The van der Waals surface area contributed by atoms with Gasteiger partial charge in [0.25, 0.3) is 11.8 Å². The van der Waals surface area contributed by atoms with Crippen molar-refractivity contribution in [3.8, 4) is 0 Å². The molecule has 0 aliphatic carbocycles. The summed E-state index contributed by atoms with van der Waals surface area (Å²) < 4.78 is 30.9. The van der Waals surface area contributed by atoms with Gasteiger partial charge < -0.3 is 4.74 Å². The molecule has 2 rings (SSSR count). The van der Waals surface area contributed by atoms with Crippen molar-refractivity contribution in [1.82, 2.24) is 15.2 Å². The van der Waals surface area contributed by atoms with Crippen molar-refractivity contribution in [2.24, 2.45) is 0 Å². The molecule has 0 saturated heterocycles. The number of carbonyl (C=O) groups excluding carboxylic acids is 2. The molecule has 9 heteroatoms. The largest absolute Gasteiger partial charge is 0.374 e. The lowest BCUT2D eigenvalue weighted by Crippen LogP contribution is -2.41. The fourth-order valence-electron chi connectivity index (χ4n) is 2.28. The molecule has 2 N–H and O–H groups in total. The second-order valence-corrected chi connectivity index (χ2v) is 8.93. The molecular formula is C20H25N3O5S. The number of ether oxygens (including phenoxy) is 1. The molecule has 0 aromatic heterocycles. The summed E-state index contributed by atoms with van der Waals surface area (Å²) in [7, 11) is -0.855. The van der Waals surface area contributed by atoms with E-state index in [1.807, 2.05) is 13.8 Å². The average molecular weight is 420 g/mol. The van der Waals surface area contributed by atoms with Gasteiger partial charge in [-0.15, -0.1) is 0 Å². The molecule has 156 valence electrons. The minimum Gasteiger partial charge on any atom is -0.374 e. The van der Waals surface area contributed by atoms with Gasteiger partial charge in [-0.2, -0.15) is 0 Å². The van der Waals surface area contributed by atoms with Gasteiger partial charge in [0.05, 0.1) is 17.6 Å². The molecule has 29 heavy (non-hydrogen) atoms.